The van der Waals surface area contributed by atoms with E-state index in [0.717, 1.165) is 35.0 Å². The van der Waals surface area contributed by atoms with Gasteiger partial charge in [-0.3, -0.25) is 4.79 Å². The number of nitrogens with zero attached hydrogens (tertiary/aromatic N) is 1. The third kappa shape index (κ3) is 2.85. The number of nitrogens with one attached hydrogen (secondary N) is 1. The highest BCUT2D eigenvalue weighted by atomic mass is 16.4. The van der Waals surface area contributed by atoms with E-state index in [1.165, 1.54) is 32.1 Å². The summed E-state index contributed by atoms with van der Waals surface area (Å²) in [6.07, 6.45) is 9.53. The highest BCUT2D eigenvalue weighted by Gasteiger charge is 2.53. The highest BCUT2D eigenvalue weighted by Crippen LogP contribution is 2.58. The summed E-state index contributed by atoms with van der Waals surface area (Å²) >= 11 is 0. The summed E-state index contributed by atoms with van der Waals surface area (Å²) < 4.78 is 5.81. The van der Waals surface area contributed by atoms with Crippen molar-refractivity contribution in [2.75, 3.05) is 0 Å². The molecule has 2 bridgehead atoms. The molecule has 136 valence electrons. The molecular weight excluding hydrogens is 324 g/mol. The van der Waals surface area contributed by atoms with Crippen molar-refractivity contribution in [1.29, 1.82) is 0 Å². The Labute approximate surface area is 154 Å². The van der Waals surface area contributed by atoms with Gasteiger partial charge in [0.05, 0.1) is 6.20 Å². The maximum Gasteiger partial charge on any atom is 0.220 e. The van der Waals surface area contributed by atoms with E-state index in [2.05, 4.69) is 10.3 Å². The van der Waals surface area contributed by atoms with Crippen LogP contribution in [0.5, 0.6) is 0 Å². The van der Waals surface area contributed by atoms with E-state index in [-0.39, 0.29) is 5.91 Å². The van der Waals surface area contributed by atoms with E-state index in [0.29, 0.717) is 24.8 Å². The molecule has 5 atom stereocenters. The molecule has 5 rings (SSSR count). The van der Waals surface area contributed by atoms with Crippen molar-refractivity contribution in [2.24, 2.45) is 23.7 Å². The zero-order valence-corrected chi connectivity index (χ0v) is 15.1. The van der Waals surface area contributed by atoms with Crippen molar-refractivity contribution in [3.8, 4) is 11.3 Å². The fraction of sp³-hybridized carbons (Fsp3) is 0.545. The average Bonchev–Trinajstić information content (AvgIpc) is 3.42. The van der Waals surface area contributed by atoms with Gasteiger partial charge in [-0.2, -0.15) is 0 Å². The smallest absolute Gasteiger partial charge is 0.220 e. The minimum absolute atomic E-state index is 0.150. The van der Waals surface area contributed by atoms with E-state index in [9.17, 15) is 4.79 Å². The second-order valence-electron chi connectivity index (χ2n) is 8.31. The molecule has 0 saturated heterocycles. The lowest BCUT2D eigenvalue weighted by Crippen LogP contribution is -2.42. The van der Waals surface area contributed by atoms with Crippen LogP contribution in [0, 0.1) is 23.7 Å². The molecule has 1 N–H and O–H groups in total. The minimum atomic E-state index is 0.150. The molecule has 0 radical (unpaired) electrons. The van der Waals surface area contributed by atoms with Gasteiger partial charge in [0, 0.05) is 24.4 Å². The first-order valence-electron chi connectivity index (χ1n) is 10.1. The van der Waals surface area contributed by atoms with Gasteiger partial charge in [0.15, 0.2) is 11.7 Å². The molecule has 26 heavy (non-hydrogen) atoms. The molecular formula is C22H26N2O2. The molecule has 3 fully saturated rings. The van der Waals surface area contributed by atoms with Gasteiger partial charge in [0.1, 0.15) is 0 Å². The number of hydrogen-bond acceptors (Lipinski definition) is 3. The van der Waals surface area contributed by atoms with Gasteiger partial charge in [0.25, 0.3) is 0 Å². The Kier molecular flexibility index (Phi) is 4.07. The molecule has 4 heteroatoms. The van der Waals surface area contributed by atoms with Crippen molar-refractivity contribution >= 4 is 5.91 Å². The van der Waals surface area contributed by atoms with Crippen LogP contribution in [-0.4, -0.2) is 16.9 Å². The summed E-state index contributed by atoms with van der Waals surface area (Å²) in [5.74, 6) is 5.03. The Balaban J connectivity index is 1.15. The normalized spacial score (nSPS) is 31.9. The number of fused-ring (bicyclic) bond motifs is 5. The second kappa shape index (κ2) is 6.57. The molecule has 4 nitrogen and oxygen atoms in total. The number of hydrogen-bond donors (Lipinski definition) is 1. The van der Waals surface area contributed by atoms with Gasteiger partial charge in [-0.1, -0.05) is 36.8 Å². The van der Waals surface area contributed by atoms with Crippen LogP contribution in [0.1, 0.15) is 44.4 Å². The Morgan fingerprint density at radius 1 is 1.12 bits per heavy atom. The number of carbonyl (C=O) groups is 1. The number of oxazole rings is 1. The minimum Gasteiger partial charge on any atom is -0.441 e. The van der Waals surface area contributed by atoms with E-state index < -0.39 is 0 Å². The molecule has 3 aliphatic rings. The first kappa shape index (κ1) is 16.1. The summed E-state index contributed by atoms with van der Waals surface area (Å²) in [7, 11) is 0. The summed E-state index contributed by atoms with van der Waals surface area (Å²) in [5.41, 5.74) is 1.02. The lowest BCUT2D eigenvalue weighted by atomic mass is 9.79. The predicted molar refractivity (Wildman–Crippen MR) is 99.2 cm³/mol. The molecule has 0 aliphatic heterocycles. The second-order valence-corrected chi connectivity index (χ2v) is 8.31. The Hall–Kier alpha value is -2.10. The maximum absolute atomic E-state index is 12.4. The largest absolute Gasteiger partial charge is 0.441 e. The number of aryl methyl sites for hydroxylation is 1. The van der Waals surface area contributed by atoms with Gasteiger partial charge >= 0.3 is 0 Å². The maximum atomic E-state index is 12.4. The Bertz CT molecular complexity index is 784. The fourth-order valence-corrected chi connectivity index (χ4v) is 5.90. The number of amides is 1. The fourth-order valence-electron chi connectivity index (χ4n) is 5.90. The van der Waals surface area contributed by atoms with E-state index >= 15 is 0 Å². The van der Waals surface area contributed by atoms with Gasteiger partial charge < -0.3 is 9.73 Å². The standard InChI is InChI=1S/C22H26N2O2/c25-21(24-19-12-15-11-18(19)17-8-4-7-16(15)17)9-10-22-23-13-20(26-22)14-5-2-1-3-6-14/h1-3,5-6,13,15-19H,4,7-12H2,(H,24,25). The van der Waals surface area contributed by atoms with Crippen molar-refractivity contribution < 1.29 is 9.21 Å². The van der Waals surface area contributed by atoms with E-state index in [1.54, 1.807) is 6.20 Å². The number of benzene rings is 1. The Morgan fingerprint density at radius 3 is 2.85 bits per heavy atom. The molecule has 0 spiro atoms. The molecule has 3 saturated carbocycles. The van der Waals surface area contributed by atoms with E-state index in [4.69, 9.17) is 4.42 Å². The first-order valence-corrected chi connectivity index (χ1v) is 10.1. The summed E-state index contributed by atoms with van der Waals surface area (Å²) in [4.78, 5) is 16.8. The lowest BCUT2D eigenvalue weighted by Gasteiger charge is -2.32. The first-order chi connectivity index (χ1) is 12.8. The summed E-state index contributed by atoms with van der Waals surface area (Å²) in [6, 6.07) is 10.4. The summed E-state index contributed by atoms with van der Waals surface area (Å²) in [5, 5.41) is 3.32. The number of aromatic nitrogens is 1. The van der Waals surface area contributed by atoms with Crippen LogP contribution in [0.4, 0.5) is 0 Å². The van der Waals surface area contributed by atoms with Crippen molar-refractivity contribution in [2.45, 2.75) is 51.0 Å². The van der Waals surface area contributed by atoms with Gasteiger partial charge in [0.2, 0.25) is 5.91 Å². The van der Waals surface area contributed by atoms with Crippen LogP contribution in [0.15, 0.2) is 40.9 Å². The topological polar surface area (TPSA) is 55.1 Å². The van der Waals surface area contributed by atoms with E-state index in [1.807, 2.05) is 30.3 Å². The van der Waals surface area contributed by atoms with Gasteiger partial charge in [-0.25, -0.2) is 4.98 Å². The zero-order chi connectivity index (χ0) is 17.5. The van der Waals surface area contributed by atoms with Crippen LogP contribution in [0.2, 0.25) is 0 Å². The van der Waals surface area contributed by atoms with Crippen LogP contribution in [0.25, 0.3) is 11.3 Å². The lowest BCUT2D eigenvalue weighted by molar-refractivity contribution is -0.122. The Morgan fingerprint density at radius 2 is 1.96 bits per heavy atom. The van der Waals surface area contributed by atoms with Crippen LogP contribution >= 0.6 is 0 Å². The third-order valence-electron chi connectivity index (χ3n) is 6.95. The molecule has 1 aromatic carbocycles. The quantitative estimate of drug-likeness (QED) is 0.878. The van der Waals surface area contributed by atoms with Crippen molar-refractivity contribution in [3.63, 3.8) is 0 Å². The molecule has 1 amide bonds. The molecule has 1 aromatic heterocycles. The van der Waals surface area contributed by atoms with Crippen LogP contribution in [0.3, 0.4) is 0 Å². The number of rotatable bonds is 5. The molecule has 2 aromatic rings. The molecule has 3 aliphatic carbocycles. The summed E-state index contributed by atoms with van der Waals surface area (Å²) in [6.45, 7) is 0. The predicted octanol–water partition coefficient (Wildman–Crippen LogP) is 4.22. The monoisotopic (exact) mass is 350 g/mol. The van der Waals surface area contributed by atoms with Gasteiger partial charge in [-0.15, -0.1) is 0 Å². The van der Waals surface area contributed by atoms with Crippen LogP contribution in [-0.2, 0) is 11.2 Å². The highest BCUT2D eigenvalue weighted by molar-refractivity contribution is 5.76. The van der Waals surface area contributed by atoms with Crippen molar-refractivity contribution in [3.05, 3.63) is 42.4 Å². The zero-order valence-electron chi connectivity index (χ0n) is 15.1. The van der Waals surface area contributed by atoms with Crippen LogP contribution < -0.4 is 5.32 Å². The van der Waals surface area contributed by atoms with Gasteiger partial charge in [-0.05, 0) is 49.4 Å². The third-order valence-corrected chi connectivity index (χ3v) is 6.95. The number of carbonyl (C=O) groups excluding carboxylic acids is 1. The van der Waals surface area contributed by atoms with Crippen molar-refractivity contribution in [1.82, 2.24) is 10.3 Å². The molecule has 1 heterocycles. The SMILES string of the molecule is O=C(CCc1ncc(-c2ccccc2)o1)NC1CC2CC1C1CCCC21. The molecule has 5 unspecified atom stereocenters. The average molecular weight is 350 g/mol.